The predicted octanol–water partition coefficient (Wildman–Crippen LogP) is 3.29. The average Bonchev–Trinajstić information content (AvgIpc) is 2.73. The smallest absolute Gasteiger partial charge is 0.329 e. The summed E-state index contributed by atoms with van der Waals surface area (Å²) in [6, 6.07) is 6.00. The van der Waals surface area contributed by atoms with Crippen LogP contribution >= 0.6 is 0 Å². The summed E-state index contributed by atoms with van der Waals surface area (Å²) in [7, 11) is 0. The molecule has 4 heteroatoms. The van der Waals surface area contributed by atoms with E-state index in [0.29, 0.717) is 13.0 Å². The van der Waals surface area contributed by atoms with Crippen LogP contribution in [0.15, 0.2) is 30.5 Å². The van der Waals surface area contributed by atoms with Gasteiger partial charge < -0.3 is 9.30 Å². The van der Waals surface area contributed by atoms with Crippen LogP contribution < -0.4 is 0 Å². The van der Waals surface area contributed by atoms with E-state index in [1.165, 1.54) is 12.1 Å². The average molecular weight is 249 g/mol. The molecule has 0 saturated heterocycles. The number of hydrogen-bond donors (Lipinski definition) is 0. The van der Waals surface area contributed by atoms with Crippen molar-refractivity contribution < 1.29 is 13.9 Å². The second-order valence-corrected chi connectivity index (χ2v) is 4.10. The standard InChI is InChI=1S/C14H16FNO2/c1-3-12(14(17)18-4-2)16-8-7-10-9-11(15)5-6-13(10)16/h5-9,12H,3-4H2,1-2H3. The summed E-state index contributed by atoms with van der Waals surface area (Å²) >= 11 is 0. The summed E-state index contributed by atoms with van der Waals surface area (Å²) in [4.78, 5) is 11.9. The van der Waals surface area contributed by atoms with Crippen LogP contribution in [0.4, 0.5) is 4.39 Å². The molecule has 0 bridgehead atoms. The summed E-state index contributed by atoms with van der Waals surface area (Å²) in [5, 5.41) is 0.790. The van der Waals surface area contributed by atoms with E-state index in [2.05, 4.69) is 0 Å². The van der Waals surface area contributed by atoms with Crippen LogP contribution in [0.2, 0.25) is 0 Å². The Morgan fingerprint density at radius 2 is 2.17 bits per heavy atom. The molecule has 0 spiro atoms. The molecule has 0 amide bonds. The van der Waals surface area contributed by atoms with Crippen molar-refractivity contribution in [1.82, 2.24) is 4.57 Å². The highest BCUT2D eigenvalue weighted by Crippen LogP contribution is 2.23. The second kappa shape index (κ2) is 5.21. The number of hydrogen-bond acceptors (Lipinski definition) is 2. The van der Waals surface area contributed by atoms with Crippen LogP contribution in [0.3, 0.4) is 0 Å². The number of carbonyl (C=O) groups excluding carboxylic acids is 1. The number of halogens is 1. The van der Waals surface area contributed by atoms with Crippen molar-refractivity contribution in [2.24, 2.45) is 0 Å². The lowest BCUT2D eigenvalue weighted by molar-refractivity contribution is -0.147. The van der Waals surface area contributed by atoms with Crippen molar-refractivity contribution in [3.8, 4) is 0 Å². The van der Waals surface area contributed by atoms with Gasteiger partial charge in [0.05, 0.1) is 6.61 Å². The molecule has 0 aliphatic rings. The lowest BCUT2D eigenvalue weighted by Crippen LogP contribution is -2.20. The molecule has 1 unspecified atom stereocenters. The molecule has 1 aromatic heterocycles. The number of rotatable bonds is 4. The third-order valence-electron chi connectivity index (χ3n) is 2.96. The minimum atomic E-state index is -0.354. The van der Waals surface area contributed by atoms with Crippen molar-refractivity contribution in [3.05, 3.63) is 36.3 Å². The fraction of sp³-hybridized carbons (Fsp3) is 0.357. The van der Waals surface area contributed by atoms with E-state index in [1.807, 2.05) is 11.5 Å². The molecular formula is C14H16FNO2. The summed E-state index contributed by atoms with van der Waals surface area (Å²) in [5.41, 5.74) is 0.844. The van der Waals surface area contributed by atoms with Gasteiger partial charge in [-0.3, -0.25) is 0 Å². The van der Waals surface area contributed by atoms with Gasteiger partial charge >= 0.3 is 5.97 Å². The summed E-state index contributed by atoms with van der Waals surface area (Å²) in [5.74, 6) is -0.522. The number of fused-ring (bicyclic) bond motifs is 1. The Morgan fingerprint density at radius 1 is 1.39 bits per heavy atom. The minimum Gasteiger partial charge on any atom is -0.464 e. The molecule has 3 nitrogen and oxygen atoms in total. The molecule has 0 saturated carbocycles. The Bertz CT molecular complexity index is 562. The van der Waals surface area contributed by atoms with Crippen LogP contribution in [-0.2, 0) is 9.53 Å². The molecule has 0 aliphatic heterocycles. The zero-order chi connectivity index (χ0) is 13.1. The lowest BCUT2D eigenvalue weighted by atomic mass is 10.2. The van der Waals surface area contributed by atoms with Crippen LogP contribution in [0.25, 0.3) is 10.9 Å². The zero-order valence-corrected chi connectivity index (χ0v) is 10.5. The van der Waals surface area contributed by atoms with Gasteiger partial charge in [-0.15, -0.1) is 0 Å². The van der Waals surface area contributed by atoms with Crippen molar-refractivity contribution in [2.75, 3.05) is 6.61 Å². The van der Waals surface area contributed by atoms with Gasteiger partial charge in [-0.2, -0.15) is 0 Å². The molecule has 0 N–H and O–H groups in total. The maximum absolute atomic E-state index is 13.1. The minimum absolute atomic E-state index is 0.248. The molecule has 96 valence electrons. The number of benzene rings is 1. The van der Waals surface area contributed by atoms with E-state index in [-0.39, 0.29) is 17.8 Å². The maximum atomic E-state index is 13.1. The Kier molecular flexibility index (Phi) is 3.65. The Hall–Kier alpha value is -1.84. The van der Waals surface area contributed by atoms with Gasteiger partial charge in [-0.1, -0.05) is 6.92 Å². The molecule has 1 atom stereocenters. The first-order chi connectivity index (χ1) is 8.67. The summed E-state index contributed by atoms with van der Waals surface area (Å²) in [6.45, 7) is 4.08. The van der Waals surface area contributed by atoms with E-state index >= 15 is 0 Å². The van der Waals surface area contributed by atoms with E-state index in [9.17, 15) is 9.18 Å². The topological polar surface area (TPSA) is 31.2 Å². The highest BCUT2D eigenvalue weighted by atomic mass is 19.1. The normalized spacial score (nSPS) is 12.6. The van der Waals surface area contributed by atoms with Gasteiger partial charge in [0.1, 0.15) is 11.9 Å². The van der Waals surface area contributed by atoms with Crippen molar-refractivity contribution >= 4 is 16.9 Å². The van der Waals surface area contributed by atoms with E-state index in [1.54, 1.807) is 25.3 Å². The van der Waals surface area contributed by atoms with Gasteiger partial charge in [0, 0.05) is 17.1 Å². The largest absolute Gasteiger partial charge is 0.464 e. The molecule has 0 aliphatic carbocycles. The third-order valence-corrected chi connectivity index (χ3v) is 2.96. The van der Waals surface area contributed by atoms with Crippen molar-refractivity contribution in [3.63, 3.8) is 0 Å². The number of nitrogens with zero attached hydrogens (tertiary/aromatic N) is 1. The number of aromatic nitrogens is 1. The van der Waals surface area contributed by atoms with Crippen LogP contribution in [0.5, 0.6) is 0 Å². The molecular weight excluding hydrogens is 233 g/mol. The molecule has 1 heterocycles. The number of esters is 1. The van der Waals surface area contributed by atoms with E-state index < -0.39 is 0 Å². The first-order valence-corrected chi connectivity index (χ1v) is 6.10. The monoisotopic (exact) mass is 249 g/mol. The maximum Gasteiger partial charge on any atom is 0.329 e. The van der Waals surface area contributed by atoms with Gasteiger partial charge in [0.2, 0.25) is 0 Å². The summed E-state index contributed by atoms with van der Waals surface area (Å²) in [6.07, 6.45) is 2.44. The SMILES string of the molecule is CCOC(=O)C(CC)n1ccc2cc(F)ccc21. The van der Waals surface area contributed by atoms with Crippen molar-refractivity contribution in [2.45, 2.75) is 26.3 Å². The second-order valence-electron chi connectivity index (χ2n) is 4.10. The number of carbonyl (C=O) groups is 1. The van der Waals surface area contributed by atoms with E-state index in [4.69, 9.17) is 4.74 Å². The van der Waals surface area contributed by atoms with Gasteiger partial charge in [0.25, 0.3) is 0 Å². The molecule has 1 aromatic carbocycles. The lowest BCUT2D eigenvalue weighted by Gasteiger charge is -2.16. The first-order valence-electron chi connectivity index (χ1n) is 6.10. The molecule has 2 rings (SSSR count). The molecule has 2 aromatic rings. The fourth-order valence-corrected chi connectivity index (χ4v) is 2.12. The third kappa shape index (κ3) is 2.23. The Balaban J connectivity index is 2.42. The van der Waals surface area contributed by atoms with Crippen LogP contribution in [0, 0.1) is 5.82 Å². The summed E-state index contributed by atoms with van der Waals surface area (Å²) < 4.78 is 20.0. The first kappa shape index (κ1) is 12.6. The quantitative estimate of drug-likeness (QED) is 0.778. The van der Waals surface area contributed by atoms with Gasteiger partial charge in [0.15, 0.2) is 0 Å². The van der Waals surface area contributed by atoms with Crippen LogP contribution in [-0.4, -0.2) is 17.1 Å². The highest BCUT2D eigenvalue weighted by molar-refractivity contribution is 5.83. The highest BCUT2D eigenvalue weighted by Gasteiger charge is 2.20. The van der Waals surface area contributed by atoms with Crippen molar-refractivity contribution in [1.29, 1.82) is 0 Å². The van der Waals surface area contributed by atoms with Gasteiger partial charge in [-0.25, -0.2) is 9.18 Å². The van der Waals surface area contributed by atoms with Gasteiger partial charge in [-0.05, 0) is 37.6 Å². The Labute approximate surface area is 105 Å². The number of ether oxygens (including phenoxy) is 1. The zero-order valence-electron chi connectivity index (χ0n) is 10.5. The molecule has 0 fully saturated rings. The molecule has 18 heavy (non-hydrogen) atoms. The molecule has 0 radical (unpaired) electrons. The fourth-order valence-electron chi connectivity index (χ4n) is 2.12. The van der Waals surface area contributed by atoms with E-state index in [0.717, 1.165) is 10.9 Å². The van der Waals surface area contributed by atoms with Crippen LogP contribution in [0.1, 0.15) is 26.3 Å². The predicted molar refractivity (Wildman–Crippen MR) is 67.9 cm³/mol. The Morgan fingerprint density at radius 3 is 2.83 bits per heavy atom.